The Bertz CT molecular complexity index is 347. The molecule has 0 aromatic heterocycles. The quantitative estimate of drug-likeness (QED) is 0.477. The van der Waals surface area contributed by atoms with E-state index in [2.05, 4.69) is 39.8 Å². The van der Waals surface area contributed by atoms with Crippen LogP contribution < -0.4 is 16.0 Å². The summed E-state index contributed by atoms with van der Waals surface area (Å²) < 4.78 is 0. The lowest BCUT2D eigenvalue weighted by Gasteiger charge is -2.10. The van der Waals surface area contributed by atoms with E-state index in [1.54, 1.807) is 0 Å². The fourth-order valence-corrected chi connectivity index (χ4v) is 2.62. The molecule has 0 aliphatic carbocycles. The summed E-state index contributed by atoms with van der Waals surface area (Å²) >= 11 is 0. The molecule has 4 nitrogen and oxygen atoms in total. The van der Waals surface area contributed by atoms with Gasteiger partial charge in [0.15, 0.2) is 0 Å². The van der Waals surface area contributed by atoms with Crippen LogP contribution in [0.3, 0.4) is 0 Å². The van der Waals surface area contributed by atoms with Gasteiger partial charge in [-0.15, -0.1) is 0 Å². The van der Waals surface area contributed by atoms with E-state index in [1.807, 2.05) is 7.05 Å². The van der Waals surface area contributed by atoms with E-state index >= 15 is 0 Å². The van der Waals surface area contributed by atoms with Gasteiger partial charge in [0.1, 0.15) is 5.82 Å². The van der Waals surface area contributed by atoms with Crippen molar-refractivity contribution in [2.45, 2.75) is 51.4 Å². The maximum atomic E-state index is 4.20. The predicted molar refractivity (Wildman–Crippen MR) is 97.5 cm³/mol. The van der Waals surface area contributed by atoms with Crippen LogP contribution in [0.1, 0.15) is 51.4 Å². The van der Waals surface area contributed by atoms with E-state index in [0.29, 0.717) is 0 Å². The fraction of sp³-hybridized carbons (Fsp3) is 0.722. The minimum Gasteiger partial charge on any atom is -0.370 e. The van der Waals surface area contributed by atoms with Crippen LogP contribution in [0, 0.1) is 0 Å². The Balaban J connectivity index is 2.47. The van der Waals surface area contributed by atoms with E-state index in [-0.39, 0.29) is 0 Å². The number of aliphatic imine (C=N–C) groups is 1. The maximum absolute atomic E-state index is 4.20. The summed E-state index contributed by atoms with van der Waals surface area (Å²) in [5.41, 5.74) is 1.28. The van der Waals surface area contributed by atoms with Gasteiger partial charge in [-0.05, 0) is 77.5 Å². The first-order valence-electron chi connectivity index (χ1n) is 8.84. The molecule has 4 heteroatoms. The highest BCUT2D eigenvalue weighted by Crippen LogP contribution is 2.12. The first-order valence-corrected chi connectivity index (χ1v) is 8.84. The van der Waals surface area contributed by atoms with Crippen molar-refractivity contribution in [3.8, 4) is 0 Å². The molecule has 1 heterocycles. The first-order chi connectivity index (χ1) is 10.9. The molecule has 126 valence electrons. The van der Waals surface area contributed by atoms with Gasteiger partial charge in [0.2, 0.25) is 0 Å². The zero-order chi connectivity index (χ0) is 15.9. The number of nitrogens with one attached hydrogen (secondary N) is 3. The third kappa shape index (κ3) is 9.00. The molecule has 22 heavy (non-hydrogen) atoms. The zero-order valence-corrected chi connectivity index (χ0v) is 14.3. The summed E-state index contributed by atoms with van der Waals surface area (Å²) in [4.78, 5) is 4.20. The van der Waals surface area contributed by atoms with E-state index in [0.717, 1.165) is 44.8 Å². The third-order valence-corrected chi connectivity index (χ3v) is 3.97. The number of nitrogens with zero attached hydrogens (tertiary/aromatic N) is 1. The van der Waals surface area contributed by atoms with Gasteiger partial charge < -0.3 is 16.0 Å². The van der Waals surface area contributed by atoms with Crippen LogP contribution in [-0.4, -0.2) is 39.9 Å². The van der Waals surface area contributed by atoms with Gasteiger partial charge in [-0.2, -0.15) is 0 Å². The SMILES string of the molecule is C=N/C1=C(\C=C/CCCCCNC)CCNCCCCCN1. The van der Waals surface area contributed by atoms with Gasteiger partial charge in [-0.25, -0.2) is 4.99 Å². The Kier molecular flexibility index (Phi) is 11.6. The first kappa shape index (κ1) is 18.9. The molecule has 0 atom stereocenters. The molecule has 0 saturated carbocycles. The summed E-state index contributed by atoms with van der Waals surface area (Å²) in [5.74, 6) is 0.968. The molecule has 1 aliphatic rings. The molecule has 0 aromatic carbocycles. The minimum absolute atomic E-state index is 0.968. The van der Waals surface area contributed by atoms with Gasteiger partial charge in [0.25, 0.3) is 0 Å². The number of hydrogen-bond acceptors (Lipinski definition) is 4. The molecule has 0 amide bonds. The smallest absolute Gasteiger partial charge is 0.128 e. The maximum Gasteiger partial charge on any atom is 0.128 e. The van der Waals surface area contributed by atoms with Crippen LogP contribution in [0.2, 0.25) is 0 Å². The summed E-state index contributed by atoms with van der Waals surface area (Å²) in [5, 5.41) is 10.2. The second kappa shape index (κ2) is 13.5. The summed E-state index contributed by atoms with van der Waals surface area (Å²) in [6.07, 6.45) is 14.2. The molecule has 0 fully saturated rings. The molecule has 0 radical (unpaired) electrons. The van der Waals surface area contributed by atoms with E-state index in [9.17, 15) is 0 Å². The Labute approximate surface area is 136 Å². The van der Waals surface area contributed by atoms with Crippen molar-refractivity contribution < 1.29 is 0 Å². The molecule has 3 N–H and O–H groups in total. The Morgan fingerprint density at radius 1 is 1.14 bits per heavy atom. The zero-order valence-electron chi connectivity index (χ0n) is 14.3. The minimum atomic E-state index is 0.968. The second-order valence-electron chi connectivity index (χ2n) is 5.87. The van der Waals surface area contributed by atoms with Gasteiger partial charge in [0, 0.05) is 6.54 Å². The van der Waals surface area contributed by atoms with Gasteiger partial charge >= 0.3 is 0 Å². The second-order valence-corrected chi connectivity index (χ2v) is 5.87. The van der Waals surface area contributed by atoms with E-state index in [4.69, 9.17) is 0 Å². The third-order valence-electron chi connectivity index (χ3n) is 3.97. The van der Waals surface area contributed by atoms with Crippen molar-refractivity contribution >= 4 is 6.72 Å². The van der Waals surface area contributed by atoms with Crippen molar-refractivity contribution in [2.24, 2.45) is 4.99 Å². The topological polar surface area (TPSA) is 48.5 Å². The lowest BCUT2D eigenvalue weighted by molar-refractivity contribution is 0.601. The lowest BCUT2D eigenvalue weighted by atomic mass is 10.1. The number of unbranched alkanes of at least 4 members (excludes halogenated alkanes) is 3. The average molecular weight is 306 g/mol. The predicted octanol–water partition coefficient (Wildman–Crippen LogP) is 2.99. The van der Waals surface area contributed by atoms with Crippen molar-refractivity contribution in [3.63, 3.8) is 0 Å². The molecule has 0 unspecified atom stereocenters. The van der Waals surface area contributed by atoms with Crippen LogP contribution in [0.15, 0.2) is 28.5 Å². The van der Waals surface area contributed by atoms with Crippen LogP contribution in [0.5, 0.6) is 0 Å². The number of rotatable bonds is 8. The van der Waals surface area contributed by atoms with Crippen molar-refractivity contribution in [3.05, 3.63) is 23.5 Å². The van der Waals surface area contributed by atoms with E-state index in [1.165, 1.54) is 44.1 Å². The number of allylic oxidation sites excluding steroid dienone is 2. The molecule has 0 saturated heterocycles. The van der Waals surface area contributed by atoms with E-state index < -0.39 is 0 Å². The Hall–Kier alpha value is -1.13. The molecular weight excluding hydrogens is 272 g/mol. The van der Waals surface area contributed by atoms with Crippen molar-refractivity contribution in [1.82, 2.24) is 16.0 Å². The summed E-state index contributed by atoms with van der Waals surface area (Å²) in [6.45, 7) is 7.99. The van der Waals surface area contributed by atoms with Gasteiger partial charge in [0.05, 0.1) is 0 Å². The number of hydrogen-bond donors (Lipinski definition) is 3. The molecular formula is C18H34N4. The average Bonchev–Trinajstić information content (AvgIpc) is 2.59. The summed E-state index contributed by atoms with van der Waals surface area (Å²) in [7, 11) is 2.01. The van der Waals surface area contributed by atoms with Gasteiger partial charge in [-0.3, -0.25) is 0 Å². The van der Waals surface area contributed by atoms with Crippen LogP contribution in [-0.2, 0) is 0 Å². The largest absolute Gasteiger partial charge is 0.370 e. The monoisotopic (exact) mass is 306 g/mol. The summed E-state index contributed by atoms with van der Waals surface area (Å²) in [6, 6.07) is 0. The fourth-order valence-electron chi connectivity index (χ4n) is 2.62. The molecule has 1 aliphatic heterocycles. The Morgan fingerprint density at radius 2 is 2.00 bits per heavy atom. The molecule has 1 rings (SSSR count). The van der Waals surface area contributed by atoms with Crippen LogP contribution in [0.4, 0.5) is 0 Å². The highest BCUT2D eigenvalue weighted by molar-refractivity contribution is 5.34. The van der Waals surface area contributed by atoms with Crippen molar-refractivity contribution in [2.75, 3.05) is 33.2 Å². The lowest BCUT2D eigenvalue weighted by Crippen LogP contribution is -2.17. The molecule has 0 bridgehead atoms. The normalized spacial score (nSPS) is 21.3. The standard InChI is InChI=1S/C18H34N4/c1-19-13-8-5-3-4-7-11-17-12-16-21-14-9-6-10-15-22-18(17)20-2/h7,11,19,21-22H,2-6,8-10,12-16H2,1H3/b11-7-,18-17-. The van der Waals surface area contributed by atoms with Crippen LogP contribution >= 0.6 is 0 Å². The van der Waals surface area contributed by atoms with Gasteiger partial charge in [-0.1, -0.05) is 25.0 Å². The van der Waals surface area contributed by atoms with Crippen LogP contribution in [0.25, 0.3) is 0 Å². The molecule has 0 aromatic rings. The highest BCUT2D eigenvalue weighted by atomic mass is 15.0. The Morgan fingerprint density at radius 3 is 2.82 bits per heavy atom. The van der Waals surface area contributed by atoms with Crippen molar-refractivity contribution in [1.29, 1.82) is 0 Å². The highest BCUT2D eigenvalue weighted by Gasteiger charge is 2.04. The molecule has 0 spiro atoms.